The van der Waals surface area contributed by atoms with Gasteiger partial charge in [0.2, 0.25) is 0 Å². The van der Waals surface area contributed by atoms with Gasteiger partial charge in [-0.15, -0.1) is 11.8 Å². The predicted molar refractivity (Wildman–Crippen MR) is 109 cm³/mol. The summed E-state index contributed by atoms with van der Waals surface area (Å²) in [5.74, 6) is 2.42. The van der Waals surface area contributed by atoms with Crippen LogP contribution in [-0.2, 0) is 4.79 Å². The van der Waals surface area contributed by atoms with E-state index in [4.69, 9.17) is 5.11 Å². The minimum atomic E-state index is -0.652. The molecule has 2 fully saturated rings. The van der Waals surface area contributed by atoms with Gasteiger partial charge in [0.25, 0.3) is 0 Å². The zero-order chi connectivity index (χ0) is 17.5. The van der Waals surface area contributed by atoms with Gasteiger partial charge in [-0.3, -0.25) is 4.79 Å². The molecule has 25 heavy (non-hydrogen) atoms. The molecule has 0 aromatic heterocycles. The van der Waals surface area contributed by atoms with Crippen molar-refractivity contribution in [2.75, 3.05) is 5.75 Å². The zero-order valence-electron chi connectivity index (χ0n) is 14.9. The second-order valence-electron chi connectivity index (χ2n) is 7.41. The highest BCUT2D eigenvalue weighted by Gasteiger charge is 2.47. The van der Waals surface area contributed by atoms with Gasteiger partial charge in [0.1, 0.15) is 0 Å². The number of carboxylic acids is 1. The van der Waals surface area contributed by atoms with E-state index in [1.54, 1.807) is 0 Å². The molecule has 2 nitrogen and oxygen atoms in total. The molecule has 1 N–H and O–H groups in total. The van der Waals surface area contributed by atoms with Gasteiger partial charge in [0.05, 0.1) is 0 Å². The van der Waals surface area contributed by atoms with E-state index in [2.05, 4.69) is 42.1 Å². The first-order valence-electron chi connectivity index (χ1n) is 9.79. The Morgan fingerprint density at radius 1 is 1.00 bits per heavy atom. The SMILES string of the molecule is O=C(O)CCCCCCC1C2CCC(S2)C1CCSc1ccccc1. The van der Waals surface area contributed by atoms with Crippen LogP contribution in [0.3, 0.4) is 0 Å². The number of hydrogen-bond donors (Lipinski definition) is 1. The van der Waals surface area contributed by atoms with Gasteiger partial charge < -0.3 is 5.11 Å². The summed E-state index contributed by atoms with van der Waals surface area (Å²) in [5, 5.41) is 10.5. The Morgan fingerprint density at radius 3 is 2.40 bits per heavy atom. The van der Waals surface area contributed by atoms with Gasteiger partial charge in [-0.1, -0.05) is 37.5 Å². The molecule has 1 aromatic rings. The molecule has 2 heterocycles. The molecule has 0 spiro atoms. The van der Waals surface area contributed by atoms with E-state index in [1.807, 2.05) is 11.8 Å². The number of thioether (sulfide) groups is 2. The highest BCUT2D eigenvalue weighted by atomic mass is 32.2. The molecule has 4 heteroatoms. The van der Waals surface area contributed by atoms with Crippen LogP contribution >= 0.6 is 23.5 Å². The van der Waals surface area contributed by atoms with Crippen LogP contribution in [0.25, 0.3) is 0 Å². The normalized spacial score (nSPS) is 27.7. The smallest absolute Gasteiger partial charge is 0.303 e. The minimum absolute atomic E-state index is 0.337. The predicted octanol–water partition coefficient (Wildman–Crippen LogP) is 6.10. The highest BCUT2D eigenvalue weighted by molar-refractivity contribution is 8.01. The Labute approximate surface area is 160 Å². The third-order valence-electron chi connectivity index (χ3n) is 5.73. The molecule has 3 rings (SSSR count). The van der Waals surface area contributed by atoms with Crippen LogP contribution in [0.5, 0.6) is 0 Å². The van der Waals surface area contributed by atoms with E-state index in [0.29, 0.717) is 6.42 Å². The van der Waals surface area contributed by atoms with Crippen molar-refractivity contribution in [3.8, 4) is 0 Å². The number of carboxylic acid groups (broad SMARTS) is 1. The molecular weight excluding hydrogens is 348 g/mol. The van der Waals surface area contributed by atoms with Crippen LogP contribution in [0.1, 0.15) is 57.8 Å². The summed E-state index contributed by atoms with van der Waals surface area (Å²) in [6, 6.07) is 10.8. The lowest BCUT2D eigenvalue weighted by atomic mass is 9.75. The Kier molecular flexibility index (Phi) is 7.60. The molecule has 0 aliphatic carbocycles. The van der Waals surface area contributed by atoms with E-state index < -0.39 is 5.97 Å². The molecule has 2 aliphatic rings. The summed E-state index contributed by atoms with van der Waals surface area (Å²) in [6.45, 7) is 0. The minimum Gasteiger partial charge on any atom is -0.481 e. The van der Waals surface area contributed by atoms with Gasteiger partial charge in [-0.05, 0) is 61.8 Å². The third kappa shape index (κ3) is 5.68. The standard InChI is InChI=1S/C21H30O2S2/c22-21(23)11-7-2-1-6-10-17-18(20-13-12-19(17)25-20)14-15-24-16-8-4-3-5-9-16/h3-5,8-9,17-20H,1-2,6-7,10-15H2,(H,22,23). The number of carbonyl (C=O) groups is 1. The Hall–Kier alpha value is -0.610. The molecule has 0 saturated carbocycles. The average Bonchev–Trinajstić information content (AvgIpc) is 3.21. The van der Waals surface area contributed by atoms with E-state index >= 15 is 0 Å². The van der Waals surface area contributed by atoms with Gasteiger partial charge in [-0.25, -0.2) is 0 Å². The first-order valence-corrected chi connectivity index (χ1v) is 11.7. The third-order valence-corrected chi connectivity index (χ3v) is 8.65. The van der Waals surface area contributed by atoms with Crippen molar-refractivity contribution in [3.63, 3.8) is 0 Å². The lowest BCUT2D eigenvalue weighted by Crippen LogP contribution is -2.27. The molecule has 0 amide bonds. The first kappa shape index (κ1) is 19.2. The van der Waals surface area contributed by atoms with E-state index in [-0.39, 0.29) is 0 Å². The lowest BCUT2D eigenvalue weighted by Gasteiger charge is -2.30. The number of unbranched alkanes of at least 4 members (excludes halogenated alkanes) is 3. The molecule has 138 valence electrons. The molecule has 4 atom stereocenters. The summed E-state index contributed by atoms with van der Waals surface area (Å²) in [6.07, 6.45) is 10.3. The van der Waals surface area contributed by atoms with Gasteiger partial charge in [0.15, 0.2) is 0 Å². The summed E-state index contributed by atoms with van der Waals surface area (Å²) in [5.41, 5.74) is 0. The van der Waals surface area contributed by atoms with Crippen molar-refractivity contribution >= 4 is 29.5 Å². The maximum atomic E-state index is 10.6. The van der Waals surface area contributed by atoms with Crippen LogP contribution in [0.2, 0.25) is 0 Å². The molecular formula is C21H30O2S2. The summed E-state index contributed by atoms with van der Waals surface area (Å²) < 4.78 is 0. The van der Waals surface area contributed by atoms with Crippen LogP contribution in [-0.4, -0.2) is 27.3 Å². The number of hydrogen-bond acceptors (Lipinski definition) is 3. The van der Waals surface area contributed by atoms with Crippen molar-refractivity contribution in [2.24, 2.45) is 11.8 Å². The monoisotopic (exact) mass is 378 g/mol. The van der Waals surface area contributed by atoms with Crippen LogP contribution < -0.4 is 0 Å². The van der Waals surface area contributed by atoms with Gasteiger partial charge in [0, 0.05) is 21.8 Å². The fourth-order valence-corrected chi connectivity index (χ4v) is 7.56. The van der Waals surface area contributed by atoms with Crippen molar-refractivity contribution < 1.29 is 9.90 Å². The molecule has 1 aromatic carbocycles. The van der Waals surface area contributed by atoms with Crippen LogP contribution in [0, 0.1) is 11.8 Å². The van der Waals surface area contributed by atoms with Crippen molar-refractivity contribution in [1.82, 2.24) is 0 Å². The van der Waals surface area contributed by atoms with Gasteiger partial charge >= 0.3 is 5.97 Å². The number of aliphatic carboxylic acids is 1. The second-order valence-corrected chi connectivity index (χ2v) is 10.1. The first-order chi connectivity index (χ1) is 12.2. The summed E-state index contributed by atoms with van der Waals surface area (Å²) in [7, 11) is 0. The highest BCUT2D eigenvalue weighted by Crippen LogP contribution is 2.55. The Balaban J connectivity index is 1.38. The maximum absolute atomic E-state index is 10.6. The molecule has 2 aliphatic heterocycles. The molecule has 2 bridgehead atoms. The molecule has 0 radical (unpaired) electrons. The number of fused-ring (bicyclic) bond motifs is 2. The fourth-order valence-electron chi connectivity index (χ4n) is 4.51. The Bertz CT molecular complexity index is 534. The van der Waals surface area contributed by atoms with E-state index in [9.17, 15) is 4.79 Å². The largest absolute Gasteiger partial charge is 0.481 e. The summed E-state index contributed by atoms with van der Waals surface area (Å²) >= 11 is 4.29. The van der Waals surface area contributed by atoms with E-state index in [0.717, 1.165) is 35.2 Å². The number of rotatable bonds is 11. The average molecular weight is 379 g/mol. The quantitative estimate of drug-likeness (QED) is 0.373. The van der Waals surface area contributed by atoms with Crippen molar-refractivity contribution in [1.29, 1.82) is 0 Å². The van der Waals surface area contributed by atoms with E-state index in [1.165, 1.54) is 49.2 Å². The molecule has 4 unspecified atom stereocenters. The van der Waals surface area contributed by atoms with Crippen molar-refractivity contribution in [2.45, 2.75) is 73.2 Å². The Morgan fingerprint density at radius 2 is 1.68 bits per heavy atom. The van der Waals surface area contributed by atoms with Crippen LogP contribution in [0.15, 0.2) is 35.2 Å². The topological polar surface area (TPSA) is 37.3 Å². The molecule has 2 saturated heterocycles. The number of benzene rings is 1. The maximum Gasteiger partial charge on any atom is 0.303 e. The zero-order valence-corrected chi connectivity index (χ0v) is 16.6. The van der Waals surface area contributed by atoms with Crippen LogP contribution in [0.4, 0.5) is 0 Å². The fraction of sp³-hybridized carbons (Fsp3) is 0.667. The van der Waals surface area contributed by atoms with Crippen molar-refractivity contribution in [3.05, 3.63) is 30.3 Å². The summed E-state index contributed by atoms with van der Waals surface area (Å²) in [4.78, 5) is 12.0. The lowest BCUT2D eigenvalue weighted by molar-refractivity contribution is -0.137. The second kappa shape index (κ2) is 9.91. The van der Waals surface area contributed by atoms with Gasteiger partial charge in [-0.2, -0.15) is 11.8 Å².